The Morgan fingerprint density at radius 2 is 1.27 bits per heavy atom. The molecule has 6 aliphatic carbocycles. The van der Waals surface area contributed by atoms with E-state index < -0.39 is 67.3 Å². The van der Waals surface area contributed by atoms with Gasteiger partial charge in [-0.2, -0.15) is 17.2 Å². The van der Waals surface area contributed by atoms with Crippen molar-refractivity contribution in [2.75, 3.05) is 26.4 Å². The third kappa shape index (κ3) is 7.84. The zero-order valence-corrected chi connectivity index (χ0v) is 31.5. The molecule has 13 nitrogen and oxygen atoms in total. The molecular weight excluding hydrogens is 746 g/mol. The molecule has 0 aromatic carbocycles. The molecule has 0 amide bonds. The van der Waals surface area contributed by atoms with Crippen LogP contribution in [0.1, 0.15) is 96.3 Å². The number of esters is 3. The zero-order chi connectivity index (χ0) is 39.3. The summed E-state index contributed by atoms with van der Waals surface area (Å²) in [6, 6.07) is 0. The van der Waals surface area contributed by atoms with E-state index in [9.17, 15) is 41.2 Å². The van der Waals surface area contributed by atoms with Crippen molar-refractivity contribution in [3.05, 3.63) is 34.9 Å². The van der Waals surface area contributed by atoms with Crippen molar-refractivity contribution in [1.29, 1.82) is 0 Å². The fourth-order valence-electron chi connectivity index (χ4n) is 10.3. The minimum atomic E-state index is -6.07. The second kappa shape index (κ2) is 14.9. The molecule has 6 unspecified atom stereocenters. The molecular formula is C39H48F2O13S. The van der Waals surface area contributed by atoms with Crippen LogP contribution in [0.5, 0.6) is 0 Å². The highest BCUT2D eigenvalue weighted by Crippen LogP contribution is 2.51. The Morgan fingerprint density at radius 1 is 0.782 bits per heavy atom. The molecule has 1 heterocycles. The minimum absolute atomic E-state index is 0.0298. The summed E-state index contributed by atoms with van der Waals surface area (Å²) in [7, 11) is -6.07. The Morgan fingerprint density at radius 3 is 1.76 bits per heavy atom. The van der Waals surface area contributed by atoms with E-state index in [1.54, 1.807) is 0 Å². The molecule has 0 aromatic rings. The Balaban J connectivity index is 1.07. The molecule has 55 heavy (non-hydrogen) atoms. The van der Waals surface area contributed by atoms with E-state index in [1.807, 2.05) is 18.2 Å². The van der Waals surface area contributed by atoms with Gasteiger partial charge >= 0.3 is 33.3 Å². The van der Waals surface area contributed by atoms with E-state index in [-0.39, 0.29) is 57.5 Å². The topological polar surface area (TPSA) is 186 Å². The van der Waals surface area contributed by atoms with Crippen LogP contribution in [0.2, 0.25) is 0 Å². The normalized spacial score (nSPS) is 37.3. The third-order valence-corrected chi connectivity index (χ3v) is 13.7. The summed E-state index contributed by atoms with van der Waals surface area (Å²) < 4.78 is 89.9. The first-order valence-corrected chi connectivity index (χ1v) is 20.6. The number of halogens is 2. The van der Waals surface area contributed by atoms with Crippen LogP contribution < -0.4 is 0 Å². The summed E-state index contributed by atoms with van der Waals surface area (Å²) >= 11 is 0. The van der Waals surface area contributed by atoms with Crippen LogP contribution in [-0.4, -0.2) is 87.0 Å². The maximum absolute atomic E-state index is 14.3. The van der Waals surface area contributed by atoms with Crippen molar-refractivity contribution < 1.29 is 69.4 Å². The van der Waals surface area contributed by atoms with E-state index in [2.05, 4.69) is 0 Å². The van der Waals surface area contributed by atoms with Crippen LogP contribution in [0.25, 0.3) is 0 Å². The number of allylic oxidation sites excluding steroid dienone is 4. The Bertz CT molecular complexity index is 1730. The first-order valence-electron chi connectivity index (χ1n) is 19.2. The summed E-state index contributed by atoms with van der Waals surface area (Å²) in [5, 5.41) is -5.15. The third-order valence-electron chi connectivity index (χ3n) is 12.9. The summed E-state index contributed by atoms with van der Waals surface area (Å²) in [5.74, 6) is -4.65. The second-order valence-electron chi connectivity index (χ2n) is 17.2. The molecule has 0 radical (unpaired) electrons. The van der Waals surface area contributed by atoms with Gasteiger partial charge in [-0.25, -0.2) is 4.79 Å². The predicted octanol–water partition coefficient (Wildman–Crippen LogP) is 5.13. The monoisotopic (exact) mass is 794 g/mol. The maximum Gasteiger partial charge on any atom is 0.465 e. The van der Waals surface area contributed by atoms with E-state index in [0.717, 1.165) is 55.0 Å². The SMILES string of the molecule is O=CC1C=C2CCCC(C(=O)OCC3(COC(=O)C45CCCC(=CC(C=O)C4)C5)COC(C4C=C5CCCC(OC(=O)C(F)(F)S(=O)(=O)O)(C5)C4)OC3)(C2)C1. The number of rotatable bonds is 12. The van der Waals surface area contributed by atoms with Crippen molar-refractivity contribution in [3.63, 3.8) is 0 Å². The molecule has 1 N–H and O–H groups in total. The molecule has 6 atom stereocenters. The van der Waals surface area contributed by atoms with Gasteiger partial charge in [0.1, 0.15) is 31.4 Å². The average molecular weight is 795 g/mol. The highest BCUT2D eigenvalue weighted by molar-refractivity contribution is 7.87. The molecule has 7 aliphatic rings. The van der Waals surface area contributed by atoms with E-state index >= 15 is 0 Å². The van der Waals surface area contributed by atoms with Crippen molar-refractivity contribution in [2.45, 2.75) is 113 Å². The lowest BCUT2D eigenvalue weighted by atomic mass is 9.63. The lowest BCUT2D eigenvalue weighted by Crippen LogP contribution is -2.54. The Kier molecular flexibility index (Phi) is 10.8. The predicted molar refractivity (Wildman–Crippen MR) is 186 cm³/mol. The van der Waals surface area contributed by atoms with Gasteiger partial charge in [-0.15, -0.1) is 0 Å². The fourth-order valence-corrected chi connectivity index (χ4v) is 10.5. The lowest BCUT2D eigenvalue weighted by Gasteiger charge is -2.47. The lowest BCUT2D eigenvalue weighted by molar-refractivity contribution is -0.267. The van der Waals surface area contributed by atoms with E-state index in [0.29, 0.717) is 51.4 Å². The molecule has 0 spiro atoms. The van der Waals surface area contributed by atoms with Gasteiger partial charge < -0.3 is 33.3 Å². The maximum atomic E-state index is 14.3. The number of hydrogen-bond donors (Lipinski definition) is 1. The number of ether oxygens (including phenoxy) is 5. The highest BCUT2D eigenvalue weighted by Gasteiger charge is 2.58. The van der Waals surface area contributed by atoms with Gasteiger partial charge in [0.05, 0.1) is 29.5 Å². The fraction of sp³-hybridized carbons (Fsp3) is 0.718. The van der Waals surface area contributed by atoms with Gasteiger partial charge in [-0.3, -0.25) is 14.1 Å². The molecule has 302 valence electrons. The van der Waals surface area contributed by atoms with Crippen LogP contribution >= 0.6 is 0 Å². The molecule has 4 fully saturated rings. The van der Waals surface area contributed by atoms with Crippen LogP contribution in [0, 0.1) is 34.0 Å². The first kappa shape index (κ1) is 39.9. The van der Waals surface area contributed by atoms with Gasteiger partial charge in [0.15, 0.2) is 6.29 Å². The summed E-state index contributed by atoms with van der Waals surface area (Å²) in [5.41, 5.74) is -1.45. The number of hydrogen-bond acceptors (Lipinski definition) is 12. The molecule has 6 bridgehead atoms. The van der Waals surface area contributed by atoms with Crippen molar-refractivity contribution >= 4 is 40.6 Å². The smallest absolute Gasteiger partial charge is 0.464 e. The second-order valence-corrected chi connectivity index (χ2v) is 18.7. The van der Waals surface area contributed by atoms with Crippen molar-refractivity contribution in [3.8, 4) is 0 Å². The molecule has 0 aromatic heterocycles. The Hall–Kier alpha value is -3.34. The summed E-state index contributed by atoms with van der Waals surface area (Å²) in [4.78, 5) is 63.8. The number of aldehydes is 2. The summed E-state index contributed by atoms with van der Waals surface area (Å²) in [6.07, 6.45) is 13.8. The molecule has 16 heteroatoms. The van der Waals surface area contributed by atoms with Crippen LogP contribution in [-0.2, 0) is 57.8 Å². The van der Waals surface area contributed by atoms with Gasteiger partial charge in [0, 0.05) is 24.2 Å². The van der Waals surface area contributed by atoms with Gasteiger partial charge in [-0.1, -0.05) is 34.9 Å². The van der Waals surface area contributed by atoms with E-state index in [4.69, 9.17) is 28.2 Å². The Labute approximate surface area is 318 Å². The zero-order valence-electron chi connectivity index (χ0n) is 30.6. The van der Waals surface area contributed by atoms with Crippen LogP contribution in [0.4, 0.5) is 8.78 Å². The van der Waals surface area contributed by atoms with E-state index in [1.165, 1.54) is 0 Å². The van der Waals surface area contributed by atoms with Gasteiger partial charge in [0.25, 0.3) is 0 Å². The van der Waals surface area contributed by atoms with Crippen LogP contribution in [0.15, 0.2) is 34.9 Å². The number of carbonyl (C=O) groups is 5. The molecule has 1 saturated heterocycles. The average Bonchev–Trinajstić information content (AvgIpc) is 3.15. The molecule has 3 saturated carbocycles. The molecule has 1 aliphatic heterocycles. The quantitative estimate of drug-likeness (QED) is 0.0903. The molecule has 7 rings (SSSR count). The highest BCUT2D eigenvalue weighted by atomic mass is 32.2. The van der Waals surface area contributed by atoms with Gasteiger partial charge in [-0.05, 0) is 89.9 Å². The largest absolute Gasteiger partial charge is 0.465 e. The minimum Gasteiger partial charge on any atom is -0.464 e. The van der Waals surface area contributed by atoms with Gasteiger partial charge in [0.2, 0.25) is 0 Å². The number of carbonyl (C=O) groups excluding carboxylic acids is 5. The van der Waals surface area contributed by atoms with Crippen molar-refractivity contribution in [1.82, 2.24) is 0 Å². The van der Waals surface area contributed by atoms with Crippen LogP contribution in [0.3, 0.4) is 0 Å². The summed E-state index contributed by atoms with van der Waals surface area (Å²) in [6.45, 7) is -0.664. The number of alkyl halides is 2. The first-order chi connectivity index (χ1) is 26.0. The standard InChI is InChI=1S/C39H48F2O13S/c40-39(41,55(47,48)49)34(46)54-38-9-3-6-27(17-38)12-30(18-38)31-50-21-35(22-51-31,23-52-32(44)36-7-1-4-25(13-36)10-28(15-36)19-42)24-53-33(45)37-8-2-5-26(14-37)11-29(16-37)20-43/h10-12,19-20,28-31H,1-9,13-18,21-24H2,(H,47,48,49). The van der Waals surface area contributed by atoms with Crippen molar-refractivity contribution in [2.24, 2.45) is 34.0 Å². The number of fused-ring (bicyclic) bond motifs is 6.